The average molecular weight is 376 g/mol. The fourth-order valence-electron chi connectivity index (χ4n) is 2.97. The van der Waals surface area contributed by atoms with Gasteiger partial charge in [-0.15, -0.1) is 0 Å². The number of benzene rings is 2. The predicted octanol–water partition coefficient (Wildman–Crippen LogP) is 3.14. The smallest absolute Gasteiger partial charge is 0.161 e. The van der Waals surface area contributed by atoms with Crippen LogP contribution in [-0.2, 0) is 6.42 Å². The van der Waals surface area contributed by atoms with Gasteiger partial charge in [0.15, 0.2) is 23.0 Å². The van der Waals surface area contributed by atoms with E-state index in [2.05, 4.69) is 0 Å². The van der Waals surface area contributed by atoms with Crippen LogP contribution in [-0.4, -0.2) is 44.8 Å². The molecule has 2 aromatic carbocycles. The zero-order chi connectivity index (χ0) is 19.8. The highest BCUT2D eigenvalue weighted by atomic mass is 16.5. The number of aliphatic hydroxyl groups is 2. The van der Waals surface area contributed by atoms with E-state index in [0.29, 0.717) is 35.0 Å². The molecule has 2 atom stereocenters. The first-order valence-corrected chi connectivity index (χ1v) is 8.83. The lowest BCUT2D eigenvalue weighted by atomic mass is 9.98. The summed E-state index contributed by atoms with van der Waals surface area (Å²) in [6.45, 7) is 0. The van der Waals surface area contributed by atoms with Crippen LogP contribution in [0.3, 0.4) is 0 Å². The van der Waals surface area contributed by atoms with Gasteiger partial charge in [0, 0.05) is 0 Å². The van der Waals surface area contributed by atoms with Crippen LogP contribution in [0.4, 0.5) is 0 Å². The second-order valence-electron chi connectivity index (χ2n) is 6.21. The van der Waals surface area contributed by atoms with Crippen molar-refractivity contribution in [3.8, 4) is 23.0 Å². The molecule has 0 heterocycles. The maximum Gasteiger partial charge on any atom is 0.161 e. The maximum atomic E-state index is 10.4. The summed E-state index contributed by atoms with van der Waals surface area (Å²) in [5, 5.41) is 20.8. The first-order chi connectivity index (χ1) is 13.0. The van der Waals surface area contributed by atoms with Crippen LogP contribution in [0.25, 0.3) is 0 Å². The Hall–Kier alpha value is -2.44. The number of rotatable bonds is 10. The van der Waals surface area contributed by atoms with E-state index < -0.39 is 12.2 Å². The molecule has 0 fully saturated rings. The van der Waals surface area contributed by atoms with Gasteiger partial charge in [-0.2, -0.15) is 0 Å². The summed E-state index contributed by atoms with van der Waals surface area (Å²) in [4.78, 5) is 0. The van der Waals surface area contributed by atoms with E-state index in [0.717, 1.165) is 18.4 Å². The van der Waals surface area contributed by atoms with Crippen molar-refractivity contribution in [2.45, 2.75) is 31.5 Å². The summed E-state index contributed by atoms with van der Waals surface area (Å²) in [5.41, 5.74) is 1.67. The highest BCUT2D eigenvalue weighted by Crippen LogP contribution is 2.32. The largest absolute Gasteiger partial charge is 0.493 e. The molecule has 2 N–H and O–H groups in total. The summed E-state index contributed by atoms with van der Waals surface area (Å²) in [6, 6.07) is 10.9. The van der Waals surface area contributed by atoms with Crippen LogP contribution < -0.4 is 18.9 Å². The van der Waals surface area contributed by atoms with Gasteiger partial charge in [-0.25, -0.2) is 0 Å². The van der Waals surface area contributed by atoms with Crippen LogP contribution in [0, 0.1) is 0 Å². The summed E-state index contributed by atoms with van der Waals surface area (Å²) < 4.78 is 21.0. The molecule has 0 bridgehead atoms. The van der Waals surface area contributed by atoms with E-state index >= 15 is 0 Å². The summed E-state index contributed by atoms with van der Waals surface area (Å²) in [5.74, 6) is 2.47. The molecule has 6 heteroatoms. The Morgan fingerprint density at radius 2 is 1.30 bits per heavy atom. The number of ether oxygens (including phenoxy) is 4. The zero-order valence-corrected chi connectivity index (χ0v) is 16.3. The van der Waals surface area contributed by atoms with E-state index in [9.17, 15) is 10.2 Å². The zero-order valence-electron chi connectivity index (χ0n) is 16.3. The predicted molar refractivity (Wildman–Crippen MR) is 103 cm³/mol. The van der Waals surface area contributed by atoms with Crippen LogP contribution in [0.15, 0.2) is 36.4 Å². The molecule has 6 nitrogen and oxygen atoms in total. The fraction of sp³-hybridized carbons (Fsp3) is 0.429. The number of methoxy groups -OCH3 is 4. The van der Waals surface area contributed by atoms with E-state index in [1.54, 1.807) is 39.5 Å². The van der Waals surface area contributed by atoms with Gasteiger partial charge in [0.25, 0.3) is 0 Å². The molecule has 0 aliphatic heterocycles. The molecule has 0 radical (unpaired) electrons. The summed E-state index contributed by atoms with van der Waals surface area (Å²) in [7, 11) is 6.29. The molecule has 0 spiro atoms. The topological polar surface area (TPSA) is 77.4 Å². The minimum Gasteiger partial charge on any atom is -0.493 e. The van der Waals surface area contributed by atoms with Crippen LogP contribution in [0.1, 0.15) is 30.1 Å². The van der Waals surface area contributed by atoms with Gasteiger partial charge in [-0.1, -0.05) is 12.1 Å². The van der Waals surface area contributed by atoms with E-state index in [1.165, 1.54) is 7.11 Å². The standard InChI is InChI=1S/C21H28O6/c1-24-17-10-8-14(12-19(17)26-3)6-5-7-16(22)21(23)15-9-11-18(25-2)20(13-15)27-4/h8-13,16,21-23H,5-7H2,1-4H3/t16-,21+/m0/s1. The van der Waals surface area contributed by atoms with Gasteiger partial charge in [0.05, 0.1) is 34.5 Å². The molecule has 2 aromatic rings. The van der Waals surface area contributed by atoms with E-state index in [-0.39, 0.29) is 0 Å². The first-order valence-electron chi connectivity index (χ1n) is 8.83. The van der Waals surface area contributed by atoms with Crippen molar-refractivity contribution in [3.63, 3.8) is 0 Å². The molecule has 0 amide bonds. The fourth-order valence-corrected chi connectivity index (χ4v) is 2.97. The van der Waals surface area contributed by atoms with Gasteiger partial charge in [-0.3, -0.25) is 0 Å². The van der Waals surface area contributed by atoms with Crippen molar-refractivity contribution in [2.24, 2.45) is 0 Å². The van der Waals surface area contributed by atoms with Gasteiger partial charge in [0.1, 0.15) is 6.10 Å². The molecule has 0 saturated carbocycles. The average Bonchev–Trinajstić information content (AvgIpc) is 2.72. The molecule has 27 heavy (non-hydrogen) atoms. The number of hydrogen-bond donors (Lipinski definition) is 2. The van der Waals surface area contributed by atoms with Crippen LogP contribution >= 0.6 is 0 Å². The Morgan fingerprint density at radius 3 is 1.89 bits per heavy atom. The number of aryl methyl sites for hydroxylation is 1. The lowest BCUT2D eigenvalue weighted by Gasteiger charge is -2.19. The maximum absolute atomic E-state index is 10.4. The lowest BCUT2D eigenvalue weighted by molar-refractivity contribution is 0.0123. The Labute approximate surface area is 160 Å². The van der Waals surface area contributed by atoms with Crippen molar-refractivity contribution in [2.75, 3.05) is 28.4 Å². The first kappa shape index (κ1) is 20.9. The van der Waals surface area contributed by atoms with Gasteiger partial charge in [-0.05, 0) is 54.7 Å². The molecule has 2 rings (SSSR count). The molecule has 0 aromatic heterocycles. The molecule has 0 unspecified atom stereocenters. The highest BCUT2D eigenvalue weighted by Gasteiger charge is 2.20. The van der Waals surface area contributed by atoms with Gasteiger partial charge >= 0.3 is 0 Å². The quantitative estimate of drug-likeness (QED) is 0.663. The number of hydrogen-bond acceptors (Lipinski definition) is 6. The molecule has 0 saturated heterocycles. The third-order valence-electron chi connectivity index (χ3n) is 4.53. The van der Waals surface area contributed by atoms with Crippen molar-refractivity contribution in [1.82, 2.24) is 0 Å². The van der Waals surface area contributed by atoms with Crippen LogP contribution in [0.2, 0.25) is 0 Å². The third-order valence-corrected chi connectivity index (χ3v) is 4.53. The minimum absolute atomic E-state index is 0.462. The minimum atomic E-state index is -0.991. The van der Waals surface area contributed by atoms with Crippen LogP contribution in [0.5, 0.6) is 23.0 Å². The SMILES string of the molecule is COc1ccc(CCC[C@H](O)[C@H](O)c2ccc(OC)c(OC)c2)cc1OC. The highest BCUT2D eigenvalue weighted by molar-refractivity contribution is 5.44. The molecule has 148 valence electrons. The lowest BCUT2D eigenvalue weighted by Crippen LogP contribution is -2.18. The summed E-state index contributed by atoms with van der Waals surface area (Å²) >= 11 is 0. The molecular formula is C21H28O6. The van der Waals surface area contributed by atoms with Crippen molar-refractivity contribution >= 4 is 0 Å². The Kier molecular flexibility index (Phi) is 7.76. The Morgan fingerprint density at radius 1 is 0.741 bits per heavy atom. The normalized spacial score (nSPS) is 13.0. The van der Waals surface area contributed by atoms with E-state index in [1.807, 2.05) is 18.2 Å². The van der Waals surface area contributed by atoms with Crippen molar-refractivity contribution in [3.05, 3.63) is 47.5 Å². The number of aliphatic hydroxyl groups excluding tert-OH is 2. The second kappa shape index (κ2) is 10.0. The molecule has 0 aliphatic rings. The summed E-state index contributed by atoms with van der Waals surface area (Å²) in [6.07, 6.45) is 0.0828. The third kappa shape index (κ3) is 5.28. The molecular weight excluding hydrogens is 348 g/mol. The van der Waals surface area contributed by atoms with E-state index in [4.69, 9.17) is 18.9 Å². The van der Waals surface area contributed by atoms with Gasteiger partial charge in [0.2, 0.25) is 0 Å². The Bertz CT molecular complexity index is 731. The Balaban J connectivity index is 1.94. The van der Waals surface area contributed by atoms with Gasteiger partial charge < -0.3 is 29.2 Å². The second-order valence-corrected chi connectivity index (χ2v) is 6.21. The molecule has 0 aliphatic carbocycles. The monoisotopic (exact) mass is 376 g/mol. The van der Waals surface area contributed by atoms with Crippen molar-refractivity contribution in [1.29, 1.82) is 0 Å². The van der Waals surface area contributed by atoms with Crippen molar-refractivity contribution < 1.29 is 29.2 Å².